The molecule has 1 aromatic heterocycles. The Labute approximate surface area is 124 Å². The zero-order chi connectivity index (χ0) is 15.5. The average Bonchev–Trinajstić information content (AvgIpc) is 2.90. The van der Waals surface area contributed by atoms with Crippen LogP contribution in [0, 0.1) is 0 Å². The summed E-state index contributed by atoms with van der Waals surface area (Å²) in [5.41, 5.74) is 7.23. The zero-order valence-electron chi connectivity index (χ0n) is 11.4. The van der Waals surface area contributed by atoms with E-state index in [9.17, 15) is 13.2 Å². The van der Waals surface area contributed by atoms with Crippen molar-refractivity contribution in [1.82, 2.24) is 9.36 Å². The molecule has 0 bridgehead atoms. The molecule has 0 fully saturated rings. The van der Waals surface area contributed by atoms with Crippen molar-refractivity contribution in [3.63, 3.8) is 0 Å². The lowest BCUT2D eigenvalue weighted by atomic mass is 10.2. The number of nitrogen functional groups attached to an aromatic ring is 1. The minimum Gasteiger partial charge on any atom is -0.399 e. The number of hydrogen-bond acceptors (Lipinski definition) is 5. The molecule has 0 aliphatic carbocycles. The Morgan fingerprint density at radius 1 is 1.24 bits per heavy atom. The van der Waals surface area contributed by atoms with Crippen LogP contribution in [0.5, 0.6) is 0 Å². The molecule has 0 aliphatic heterocycles. The number of aromatic nitrogens is 2. The van der Waals surface area contributed by atoms with Gasteiger partial charge in [-0.05, 0) is 24.1 Å². The van der Waals surface area contributed by atoms with E-state index in [0.717, 1.165) is 23.5 Å². The first-order valence-corrected chi connectivity index (χ1v) is 7.17. The minimum atomic E-state index is -4.51. The van der Waals surface area contributed by atoms with Crippen molar-refractivity contribution in [2.45, 2.75) is 26.1 Å². The Morgan fingerprint density at radius 2 is 1.90 bits per heavy atom. The summed E-state index contributed by atoms with van der Waals surface area (Å²) >= 11 is 0.767. The number of hydrogen-bond donors (Lipinski definition) is 1. The highest BCUT2D eigenvalue weighted by Crippen LogP contribution is 2.30. The molecule has 2 rings (SSSR count). The third-order valence-electron chi connectivity index (χ3n) is 2.79. The summed E-state index contributed by atoms with van der Waals surface area (Å²) in [5.74, 6) is -1.08. The van der Waals surface area contributed by atoms with Gasteiger partial charge >= 0.3 is 6.18 Å². The van der Waals surface area contributed by atoms with Crippen molar-refractivity contribution in [2.75, 3.05) is 17.2 Å². The highest BCUT2D eigenvalue weighted by molar-refractivity contribution is 7.09. The van der Waals surface area contributed by atoms with Crippen molar-refractivity contribution in [1.29, 1.82) is 0 Å². The fraction of sp³-hybridized carbons (Fsp3) is 0.385. The van der Waals surface area contributed by atoms with Crippen LogP contribution >= 0.6 is 11.5 Å². The molecule has 2 N–H and O–H groups in total. The molecular formula is C13H15F3N4S. The first kappa shape index (κ1) is 15.6. The van der Waals surface area contributed by atoms with Crippen LogP contribution in [-0.2, 0) is 12.7 Å². The molecule has 0 saturated heterocycles. The topological polar surface area (TPSA) is 55.0 Å². The van der Waals surface area contributed by atoms with Crippen LogP contribution in [0.15, 0.2) is 24.3 Å². The van der Waals surface area contributed by atoms with Gasteiger partial charge in [0.1, 0.15) is 0 Å². The van der Waals surface area contributed by atoms with Gasteiger partial charge in [-0.2, -0.15) is 22.5 Å². The van der Waals surface area contributed by atoms with E-state index in [0.29, 0.717) is 18.8 Å². The highest BCUT2D eigenvalue weighted by atomic mass is 32.1. The predicted octanol–water partition coefficient (Wildman–Crippen LogP) is 3.56. The molecule has 0 spiro atoms. The van der Waals surface area contributed by atoms with Gasteiger partial charge in [0.2, 0.25) is 11.0 Å². The van der Waals surface area contributed by atoms with E-state index < -0.39 is 12.0 Å². The van der Waals surface area contributed by atoms with Gasteiger partial charge in [-0.3, -0.25) is 0 Å². The quantitative estimate of drug-likeness (QED) is 0.857. The van der Waals surface area contributed by atoms with Crippen molar-refractivity contribution in [3.8, 4) is 0 Å². The van der Waals surface area contributed by atoms with Crippen LogP contribution in [0.2, 0.25) is 0 Å². The van der Waals surface area contributed by atoms with Crippen LogP contribution in [-0.4, -0.2) is 15.9 Å². The minimum absolute atomic E-state index is 0.279. The summed E-state index contributed by atoms with van der Waals surface area (Å²) in [6.45, 7) is 3.04. The molecule has 0 unspecified atom stereocenters. The van der Waals surface area contributed by atoms with E-state index in [2.05, 4.69) is 9.36 Å². The first-order valence-electron chi connectivity index (χ1n) is 6.40. The van der Waals surface area contributed by atoms with Crippen molar-refractivity contribution < 1.29 is 13.2 Å². The molecule has 2 aromatic rings. The molecule has 0 atom stereocenters. The zero-order valence-corrected chi connectivity index (χ0v) is 12.2. The van der Waals surface area contributed by atoms with Crippen LogP contribution in [0.25, 0.3) is 0 Å². The number of halogens is 3. The summed E-state index contributed by atoms with van der Waals surface area (Å²) in [6, 6.07) is 7.23. The first-order chi connectivity index (χ1) is 9.90. The van der Waals surface area contributed by atoms with Crippen molar-refractivity contribution in [3.05, 3.63) is 35.7 Å². The second-order valence-corrected chi connectivity index (χ2v) is 5.29. The number of anilines is 2. The van der Waals surface area contributed by atoms with Gasteiger partial charge in [0.15, 0.2) is 0 Å². The molecule has 114 valence electrons. The number of alkyl halides is 3. The van der Waals surface area contributed by atoms with Gasteiger partial charge in [-0.25, -0.2) is 0 Å². The molecule has 0 amide bonds. The van der Waals surface area contributed by atoms with E-state index in [-0.39, 0.29) is 5.13 Å². The van der Waals surface area contributed by atoms with Gasteiger partial charge in [0.05, 0.1) is 0 Å². The van der Waals surface area contributed by atoms with Gasteiger partial charge < -0.3 is 10.6 Å². The maximum Gasteiger partial charge on any atom is 0.452 e. The largest absolute Gasteiger partial charge is 0.452 e. The highest BCUT2D eigenvalue weighted by Gasteiger charge is 2.36. The predicted molar refractivity (Wildman–Crippen MR) is 77.1 cm³/mol. The molecule has 1 aromatic carbocycles. The Bertz CT molecular complexity index is 580. The molecule has 1 heterocycles. The van der Waals surface area contributed by atoms with E-state index >= 15 is 0 Å². The third kappa shape index (κ3) is 4.07. The average molecular weight is 316 g/mol. The lowest BCUT2D eigenvalue weighted by Crippen LogP contribution is -2.23. The van der Waals surface area contributed by atoms with Crippen molar-refractivity contribution >= 4 is 22.4 Å². The summed E-state index contributed by atoms with van der Waals surface area (Å²) in [7, 11) is 0. The van der Waals surface area contributed by atoms with Crippen LogP contribution < -0.4 is 10.6 Å². The number of nitrogens with zero attached hydrogens (tertiary/aromatic N) is 3. The number of rotatable bonds is 5. The van der Waals surface area contributed by atoms with Crippen LogP contribution in [0.3, 0.4) is 0 Å². The Balaban J connectivity index is 2.18. The Hall–Kier alpha value is -1.83. The molecule has 0 saturated carbocycles. The van der Waals surface area contributed by atoms with Gasteiger partial charge in [0, 0.05) is 30.3 Å². The van der Waals surface area contributed by atoms with Crippen LogP contribution in [0.4, 0.5) is 24.0 Å². The lowest BCUT2D eigenvalue weighted by Gasteiger charge is -2.20. The fourth-order valence-electron chi connectivity index (χ4n) is 1.81. The smallest absolute Gasteiger partial charge is 0.399 e. The van der Waals surface area contributed by atoms with E-state index in [1.54, 1.807) is 17.0 Å². The molecule has 21 heavy (non-hydrogen) atoms. The third-order valence-corrected chi connectivity index (χ3v) is 3.56. The van der Waals surface area contributed by atoms with Gasteiger partial charge in [-0.1, -0.05) is 19.1 Å². The van der Waals surface area contributed by atoms with E-state index in [4.69, 9.17) is 5.73 Å². The summed E-state index contributed by atoms with van der Waals surface area (Å²) < 4.78 is 41.1. The second kappa shape index (κ2) is 6.30. The normalized spacial score (nSPS) is 11.6. The summed E-state index contributed by atoms with van der Waals surface area (Å²) in [5, 5.41) is 0.279. The van der Waals surface area contributed by atoms with Gasteiger partial charge in [-0.15, -0.1) is 0 Å². The van der Waals surface area contributed by atoms with E-state index in [1.807, 2.05) is 19.1 Å². The van der Waals surface area contributed by atoms with Gasteiger partial charge in [0.25, 0.3) is 0 Å². The number of nitrogens with two attached hydrogens (primary N) is 1. The number of benzene rings is 1. The molecule has 4 nitrogen and oxygen atoms in total. The van der Waals surface area contributed by atoms with Crippen LogP contribution in [0.1, 0.15) is 24.7 Å². The lowest BCUT2D eigenvalue weighted by molar-refractivity contribution is -0.144. The summed E-state index contributed by atoms with van der Waals surface area (Å²) in [6.07, 6.45) is -3.70. The van der Waals surface area contributed by atoms with Crippen molar-refractivity contribution in [2.24, 2.45) is 0 Å². The SMILES string of the molecule is CCCN(Cc1ccc(N)cc1)c1nc(C(F)(F)F)ns1. The molecule has 0 radical (unpaired) electrons. The molecule has 8 heteroatoms. The Morgan fingerprint density at radius 3 is 2.43 bits per heavy atom. The fourth-order valence-corrected chi connectivity index (χ4v) is 2.53. The monoisotopic (exact) mass is 316 g/mol. The maximum atomic E-state index is 12.6. The summed E-state index contributed by atoms with van der Waals surface area (Å²) in [4.78, 5) is 5.39. The molecule has 0 aliphatic rings. The maximum absolute atomic E-state index is 12.6. The van der Waals surface area contributed by atoms with E-state index in [1.165, 1.54) is 0 Å². The second-order valence-electron chi connectivity index (χ2n) is 4.56. The molecular weight excluding hydrogens is 301 g/mol. The standard InChI is InChI=1S/C13H15F3N4S/c1-2-7-20(8-9-3-5-10(17)6-4-9)12-18-11(19-21-12)13(14,15)16/h3-6H,2,7-8,17H2,1H3. The Kier molecular flexibility index (Phi) is 4.66.